The zero-order valence-corrected chi connectivity index (χ0v) is 11.4. The molecule has 1 rings (SSSR count). The van der Waals surface area contributed by atoms with Crippen LogP contribution in [0.4, 0.5) is 13.2 Å². The second kappa shape index (κ2) is 6.42. The van der Waals surface area contributed by atoms with Crippen molar-refractivity contribution in [3.8, 4) is 5.75 Å². The molecule has 0 saturated heterocycles. The number of ether oxygens (including phenoxy) is 2. The lowest BCUT2D eigenvalue weighted by Crippen LogP contribution is -2.19. The zero-order chi connectivity index (χ0) is 15.4. The second-order valence-electron chi connectivity index (χ2n) is 3.99. The minimum absolute atomic E-state index is 0.0596. The van der Waals surface area contributed by atoms with E-state index in [1.54, 1.807) is 6.92 Å². The Kier molecular flexibility index (Phi) is 5.37. The number of hydrogen-bond donors (Lipinski definition) is 1. The molecule has 1 aromatic carbocycles. The first-order valence-electron chi connectivity index (χ1n) is 5.50. The van der Waals surface area contributed by atoms with Crippen molar-refractivity contribution in [3.63, 3.8) is 0 Å². The van der Waals surface area contributed by atoms with Crippen molar-refractivity contribution in [1.82, 2.24) is 0 Å². The van der Waals surface area contributed by atoms with Gasteiger partial charge in [-0.3, -0.25) is 0 Å². The number of primary sulfonamides is 1. The van der Waals surface area contributed by atoms with E-state index in [1.807, 2.05) is 0 Å². The van der Waals surface area contributed by atoms with Crippen molar-refractivity contribution in [2.45, 2.75) is 18.0 Å². The minimum Gasteiger partial charge on any atom is -0.491 e. The Balaban J connectivity index is 2.50. The van der Waals surface area contributed by atoms with Crippen molar-refractivity contribution in [2.24, 2.45) is 5.14 Å². The van der Waals surface area contributed by atoms with Gasteiger partial charge in [0.15, 0.2) is 0 Å². The Labute approximate surface area is 114 Å². The van der Waals surface area contributed by atoms with Crippen molar-refractivity contribution in [1.29, 1.82) is 0 Å². The van der Waals surface area contributed by atoms with Gasteiger partial charge in [-0.25, -0.2) is 13.6 Å². The molecule has 9 heteroatoms. The lowest BCUT2D eigenvalue weighted by molar-refractivity contribution is -0.175. The van der Waals surface area contributed by atoms with Crippen LogP contribution in [0.25, 0.3) is 0 Å². The Morgan fingerprint density at radius 3 is 2.40 bits per heavy atom. The summed E-state index contributed by atoms with van der Waals surface area (Å²) >= 11 is 0. The van der Waals surface area contributed by atoms with E-state index in [1.165, 1.54) is 18.2 Å². The van der Waals surface area contributed by atoms with E-state index in [-0.39, 0.29) is 18.1 Å². The van der Waals surface area contributed by atoms with Gasteiger partial charge in [-0.2, -0.15) is 13.2 Å². The van der Waals surface area contributed by atoms with E-state index in [0.717, 1.165) is 0 Å². The topological polar surface area (TPSA) is 78.6 Å². The smallest absolute Gasteiger partial charge is 0.411 e. The first-order chi connectivity index (χ1) is 9.09. The molecule has 20 heavy (non-hydrogen) atoms. The summed E-state index contributed by atoms with van der Waals surface area (Å²) in [6.45, 7) is -0.0399. The predicted octanol–water partition coefficient (Wildman–Crippen LogP) is 1.60. The number of hydrogen-bond acceptors (Lipinski definition) is 4. The molecule has 5 nitrogen and oxygen atoms in total. The van der Waals surface area contributed by atoms with E-state index in [0.29, 0.717) is 11.3 Å². The maximum absolute atomic E-state index is 11.8. The first kappa shape index (κ1) is 16.7. The number of benzene rings is 1. The molecule has 0 saturated carbocycles. The highest BCUT2D eigenvalue weighted by molar-refractivity contribution is 7.89. The fourth-order valence-electron chi connectivity index (χ4n) is 1.36. The monoisotopic (exact) mass is 313 g/mol. The Hall–Kier alpha value is -1.32. The lowest BCUT2D eigenvalue weighted by atomic mass is 10.2. The van der Waals surface area contributed by atoms with Crippen LogP contribution in [-0.2, 0) is 14.8 Å². The third-order valence-electron chi connectivity index (χ3n) is 2.23. The normalized spacial score (nSPS) is 12.4. The Morgan fingerprint density at radius 1 is 1.25 bits per heavy atom. The first-order valence-corrected chi connectivity index (χ1v) is 7.05. The molecule has 0 heterocycles. The number of alkyl halides is 3. The molecule has 0 amide bonds. The molecule has 0 atom stereocenters. The van der Waals surface area contributed by atoms with E-state index in [2.05, 4.69) is 4.74 Å². The summed E-state index contributed by atoms with van der Waals surface area (Å²) in [5.74, 6) is 0.355. The third kappa shape index (κ3) is 5.76. The summed E-state index contributed by atoms with van der Waals surface area (Å²) in [5.41, 5.74) is 0.507. The standard InChI is InChI=1S/C11H14F3NO4S/c1-8-6-9(20(15,16)17)2-3-10(8)19-5-4-18-7-11(12,13)14/h2-3,6H,4-5,7H2,1H3,(H2,15,16,17). The van der Waals surface area contributed by atoms with Gasteiger partial charge in [0.1, 0.15) is 19.0 Å². The molecule has 0 spiro atoms. The Morgan fingerprint density at radius 2 is 1.90 bits per heavy atom. The average molecular weight is 313 g/mol. The molecule has 0 bridgehead atoms. The second-order valence-corrected chi connectivity index (χ2v) is 5.55. The summed E-state index contributed by atoms with van der Waals surface area (Å²) in [6, 6.07) is 3.97. The zero-order valence-electron chi connectivity index (χ0n) is 10.6. The summed E-state index contributed by atoms with van der Waals surface area (Å²) in [4.78, 5) is -0.0596. The van der Waals surface area contributed by atoms with Crippen molar-refractivity contribution >= 4 is 10.0 Å². The van der Waals surface area contributed by atoms with E-state index in [4.69, 9.17) is 9.88 Å². The molecule has 0 aliphatic carbocycles. The number of rotatable bonds is 6. The van der Waals surface area contributed by atoms with Gasteiger partial charge in [0, 0.05) is 0 Å². The molecular weight excluding hydrogens is 299 g/mol. The third-order valence-corrected chi connectivity index (χ3v) is 3.14. The summed E-state index contributed by atoms with van der Waals surface area (Å²) in [5, 5.41) is 4.96. The van der Waals surface area contributed by atoms with Gasteiger partial charge in [-0.15, -0.1) is 0 Å². The van der Waals surface area contributed by atoms with Crippen molar-refractivity contribution in [2.75, 3.05) is 19.8 Å². The molecule has 114 valence electrons. The van der Waals surface area contributed by atoms with Crippen LogP contribution >= 0.6 is 0 Å². The number of nitrogens with two attached hydrogens (primary N) is 1. The van der Waals surface area contributed by atoms with Gasteiger partial charge in [0.25, 0.3) is 0 Å². The minimum atomic E-state index is -4.37. The van der Waals surface area contributed by atoms with Crippen LogP contribution in [0.2, 0.25) is 0 Å². The lowest BCUT2D eigenvalue weighted by Gasteiger charge is -2.11. The predicted molar refractivity (Wildman–Crippen MR) is 64.9 cm³/mol. The summed E-state index contributed by atoms with van der Waals surface area (Å²) in [6.07, 6.45) is -4.37. The summed E-state index contributed by atoms with van der Waals surface area (Å²) in [7, 11) is -3.79. The highest BCUT2D eigenvalue weighted by Gasteiger charge is 2.27. The summed E-state index contributed by atoms with van der Waals surface area (Å²) < 4.78 is 67.1. The van der Waals surface area contributed by atoms with Crippen LogP contribution in [0.3, 0.4) is 0 Å². The fraction of sp³-hybridized carbons (Fsp3) is 0.455. The van der Waals surface area contributed by atoms with Crippen molar-refractivity contribution in [3.05, 3.63) is 23.8 Å². The highest BCUT2D eigenvalue weighted by Crippen LogP contribution is 2.21. The maximum atomic E-state index is 11.8. The number of sulfonamides is 1. The van der Waals surface area contributed by atoms with Crippen molar-refractivity contribution < 1.29 is 31.1 Å². The van der Waals surface area contributed by atoms with Gasteiger partial charge in [0.05, 0.1) is 11.5 Å². The van der Waals surface area contributed by atoms with E-state index >= 15 is 0 Å². The van der Waals surface area contributed by atoms with E-state index in [9.17, 15) is 21.6 Å². The molecule has 0 unspecified atom stereocenters. The van der Waals surface area contributed by atoms with Gasteiger partial charge in [-0.05, 0) is 30.7 Å². The van der Waals surface area contributed by atoms with Crippen LogP contribution in [0, 0.1) is 6.92 Å². The molecule has 0 aliphatic rings. The van der Waals surface area contributed by atoms with Crippen LogP contribution < -0.4 is 9.88 Å². The van der Waals surface area contributed by atoms with Gasteiger partial charge >= 0.3 is 6.18 Å². The molecular formula is C11H14F3NO4S. The highest BCUT2D eigenvalue weighted by atomic mass is 32.2. The SMILES string of the molecule is Cc1cc(S(N)(=O)=O)ccc1OCCOCC(F)(F)F. The molecule has 0 radical (unpaired) electrons. The van der Waals surface area contributed by atoms with Crippen LogP contribution in [0.5, 0.6) is 5.75 Å². The van der Waals surface area contributed by atoms with Gasteiger partial charge < -0.3 is 9.47 Å². The van der Waals surface area contributed by atoms with Gasteiger partial charge in [0.2, 0.25) is 10.0 Å². The molecule has 0 fully saturated rings. The largest absolute Gasteiger partial charge is 0.491 e. The fourth-order valence-corrected chi connectivity index (χ4v) is 1.96. The quantitative estimate of drug-likeness (QED) is 0.809. The molecule has 2 N–H and O–H groups in total. The molecule has 0 aliphatic heterocycles. The van der Waals surface area contributed by atoms with Gasteiger partial charge in [-0.1, -0.05) is 0 Å². The molecule has 0 aromatic heterocycles. The Bertz CT molecular complexity index is 557. The van der Waals surface area contributed by atoms with E-state index < -0.39 is 22.8 Å². The maximum Gasteiger partial charge on any atom is 0.411 e. The number of aryl methyl sites for hydroxylation is 1. The van der Waals surface area contributed by atoms with Crippen LogP contribution in [0.1, 0.15) is 5.56 Å². The van der Waals surface area contributed by atoms with Crippen LogP contribution in [0.15, 0.2) is 23.1 Å². The molecule has 1 aromatic rings. The van der Waals surface area contributed by atoms with Crippen LogP contribution in [-0.4, -0.2) is 34.4 Å². The average Bonchev–Trinajstić information content (AvgIpc) is 2.27. The number of halogens is 3.